The van der Waals surface area contributed by atoms with E-state index in [0.29, 0.717) is 6.54 Å². The van der Waals surface area contributed by atoms with Gasteiger partial charge in [-0.3, -0.25) is 4.79 Å². The molecule has 0 spiro atoms. The number of ether oxygens (including phenoxy) is 1. The summed E-state index contributed by atoms with van der Waals surface area (Å²) < 4.78 is 29.5. The van der Waals surface area contributed by atoms with Crippen molar-refractivity contribution < 1.29 is 27.9 Å². The normalized spacial score (nSPS) is 11.0. The maximum atomic E-state index is 12.3. The summed E-state index contributed by atoms with van der Waals surface area (Å²) in [5.74, 6) is -2.56. The van der Waals surface area contributed by atoms with Crippen molar-refractivity contribution in [2.45, 2.75) is 11.8 Å². The molecule has 0 saturated heterocycles. The molecule has 0 fully saturated rings. The maximum absolute atomic E-state index is 12.3. The third kappa shape index (κ3) is 3.94. The lowest BCUT2D eigenvalue weighted by Gasteiger charge is -2.15. The van der Waals surface area contributed by atoms with Gasteiger partial charge < -0.3 is 14.7 Å². The molecule has 0 bridgehead atoms. The minimum absolute atomic E-state index is 0.00644. The number of carbonyl (C=O) groups excluding carboxylic acids is 1. The molecule has 0 saturated carbocycles. The Balaban J connectivity index is 3.26. The summed E-state index contributed by atoms with van der Waals surface area (Å²) in [5, 5.41) is 8.94. The van der Waals surface area contributed by atoms with Crippen LogP contribution in [0.5, 0.6) is 5.75 Å². The highest BCUT2D eigenvalue weighted by atomic mass is 32.2. The lowest BCUT2D eigenvalue weighted by molar-refractivity contribution is -0.126. The molecule has 116 valence electrons. The third-order valence-corrected chi connectivity index (χ3v) is 4.58. The Morgan fingerprint density at radius 3 is 2.43 bits per heavy atom. The van der Waals surface area contributed by atoms with Crippen LogP contribution in [0.15, 0.2) is 23.1 Å². The highest BCUT2D eigenvalue weighted by Crippen LogP contribution is 2.26. The van der Waals surface area contributed by atoms with Gasteiger partial charge in [0.2, 0.25) is 5.91 Å². The third-order valence-electron chi connectivity index (χ3n) is 2.96. The summed E-state index contributed by atoms with van der Waals surface area (Å²) in [7, 11) is -1.23. The molecule has 21 heavy (non-hydrogen) atoms. The van der Waals surface area contributed by atoms with E-state index in [9.17, 15) is 18.0 Å². The monoisotopic (exact) mass is 315 g/mol. The molecule has 0 aromatic heterocycles. The van der Waals surface area contributed by atoms with Gasteiger partial charge in [0.15, 0.2) is 9.84 Å². The molecule has 0 heterocycles. The van der Waals surface area contributed by atoms with Crippen LogP contribution >= 0.6 is 0 Å². The number of carbonyl (C=O) groups is 2. The number of rotatable bonds is 6. The number of nitrogens with zero attached hydrogens (tertiary/aromatic N) is 1. The average Bonchev–Trinajstić information content (AvgIpc) is 2.44. The van der Waals surface area contributed by atoms with E-state index in [1.807, 2.05) is 0 Å². The minimum Gasteiger partial charge on any atom is -0.495 e. The molecule has 0 aliphatic heterocycles. The number of carboxylic acids is 1. The first kappa shape index (κ1) is 17.0. The molecule has 0 atom stereocenters. The molecule has 0 unspecified atom stereocenters. The van der Waals surface area contributed by atoms with Gasteiger partial charge in [0.1, 0.15) is 16.4 Å². The fourth-order valence-electron chi connectivity index (χ4n) is 1.58. The molecular weight excluding hydrogens is 298 g/mol. The molecule has 0 radical (unpaired) electrons. The second-order valence-electron chi connectivity index (χ2n) is 4.34. The molecule has 1 aromatic rings. The lowest BCUT2D eigenvalue weighted by atomic mass is 10.2. The van der Waals surface area contributed by atoms with E-state index in [2.05, 4.69) is 0 Å². The summed E-state index contributed by atoms with van der Waals surface area (Å²) in [6.45, 7) is 2.09. The summed E-state index contributed by atoms with van der Waals surface area (Å²) in [6.07, 6.45) is 0. The molecule has 0 aliphatic rings. The summed E-state index contributed by atoms with van der Waals surface area (Å²) in [6, 6.07) is 3.49. The van der Waals surface area contributed by atoms with Crippen LogP contribution in [-0.4, -0.2) is 56.8 Å². The molecule has 1 N–H and O–H groups in total. The second kappa shape index (κ2) is 6.57. The van der Waals surface area contributed by atoms with Crippen LogP contribution in [-0.2, 0) is 14.6 Å². The largest absolute Gasteiger partial charge is 0.495 e. The Kier molecular flexibility index (Phi) is 5.31. The second-order valence-corrected chi connectivity index (χ2v) is 6.30. The van der Waals surface area contributed by atoms with Crippen molar-refractivity contribution in [3.8, 4) is 5.75 Å². The van der Waals surface area contributed by atoms with Gasteiger partial charge in [-0.2, -0.15) is 0 Å². The van der Waals surface area contributed by atoms with E-state index in [-0.39, 0.29) is 16.2 Å². The Morgan fingerprint density at radius 2 is 1.95 bits per heavy atom. The van der Waals surface area contributed by atoms with Crippen molar-refractivity contribution in [3.63, 3.8) is 0 Å². The first-order valence-corrected chi connectivity index (χ1v) is 7.76. The summed E-state index contributed by atoms with van der Waals surface area (Å²) in [5.41, 5.74) is -0.189. The Morgan fingerprint density at radius 1 is 1.33 bits per heavy atom. The zero-order valence-corrected chi connectivity index (χ0v) is 12.8. The smallest absolute Gasteiger partial charge is 0.335 e. The Hall–Kier alpha value is -2.09. The quantitative estimate of drug-likeness (QED) is 0.827. The van der Waals surface area contributed by atoms with Gasteiger partial charge in [-0.05, 0) is 25.1 Å². The van der Waals surface area contributed by atoms with Crippen LogP contribution in [0, 0.1) is 0 Å². The zero-order valence-electron chi connectivity index (χ0n) is 12.0. The van der Waals surface area contributed by atoms with Gasteiger partial charge in [-0.1, -0.05) is 0 Å². The SMILES string of the molecule is CCN(C)C(=O)CS(=O)(=O)c1cc(C(=O)O)ccc1OC. The molecule has 1 amide bonds. The molecule has 0 aliphatic carbocycles. The van der Waals surface area contributed by atoms with Crippen molar-refractivity contribution in [1.29, 1.82) is 0 Å². The van der Waals surface area contributed by atoms with E-state index < -0.39 is 27.5 Å². The Bertz CT molecular complexity index is 653. The van der Waals surface area contributed by atoms with Crippen molar-refractivity contribution in [3.05, 3.63) is 23.8 Å². The molecule has 1 aromatic carbocycles. The summed E-state index contributed by atoms with van der Waals surface area (Å²) >= 11 is 0. The first-order valence-electron chi connectivity index (χ1n) is 6.11. The molecule has 8 heteroatoms. The predicted octanol–water partition coefficient (Wildman–Crippen LogP) is 0.645. The number of aromatic carboxylic acids is 1. The number of sulfone groups is 1. The van der Waals surface area contributed by atoms with Gasteiger partial charge >= 0.3 is 5.97 Å². The fourth-order valence-corrected chi connectivity index (χ4v) is 3.05. The van der Waals surface area contributed by atoms with Crippen LogP contribution in [0.1, 0.15) is 17.3 Å². The van der Waals surface area contributed by atoms with Gasteiger partial charge in [-0.25, -0.2) is 13.2 Å². The van der Waals surface area contributed by atoms with E-state index in [1.165, 1.54) is 31.2 Å². The predicted molar refractivity (Wildman–Crippen MR) is 75.3 cm³/mol. The topological polar surface area (TPSA) is 101 Å². The van der Waals surface area contributed by atoms with E-state index in [0.717, 1.165) is 6.07 Å². The first-order chi connectivity index (χ1) is 9.72. The fraction of sp³-hybridized carbons (Fsp3) is 0.385. The number of hydrogen-bond acceptors (Lipinski definition) is 5. The molecular formula is C13H17NO6S. The number of benzene rings is 1. The van der Waals surface area contributed by atoms with Crippen LogP contribution in [0.4, 0.5) is 0 Å². The van der Waals surface area contributed by atoms with Crippen molar-refractivity contribution in [2.75, 3.05) is 26.5 Å². The van der Waals surface area contributed by atoms with Crippen LogP contribution < -0.4 is 4.74 Å². The van der Waals surface area contributed by atoms with E-state index in [4.69, 9.17) is 9.84 Å². The van der Waals surface area contributed by atoms with Crippen molar-refractivity contribution in [2.24, 2.45) is 0 Å². The maximum Gasteiger partial charge on any atom is 0.335 e. The number of hydrogen-bond donors (Lipinski definition) is 1. The van der Waals surface area contributed by atoms with Gasteiger partial charge in [-0.15, -0.1) is 0 Å². The average molecular weight is 315 g/mol. The van der Waals surface area contributed by atoms with E-state index >= 15 is 0 Å². The van der Waals surface area contributed by atoms with E-state index in [1.54, 1.807) is 6.92 Å². The van der Waals surface area contributed by atoms with Gasteiger partial charge in [0.05, 0.1) is 12.7 Å². The Labute approximate surface area is 123 Å². The highest BCUT2D eigenvalue weighted by Gasteiger charge is 2.26. The van der Waals surface area contributed by atoms with Gasteiger partial charge in [0.25, 0.3) is 0 Å². The van der Waals surface area contributed by atoms with Gasteiger partial charge in [0, 0.05) is 13.6 Å². The minimum atomic E-state index is -3.99. The number of amides is 1. The zero-order chi connectivity index (χ0) is 16.2. The molecule has 7 nitrogen and oxygen atoms in total. The number of methoxy groups -OCH3 is 1. The van der Waals surface area contributed by atoms with Crippen LogP contribution in [0.25, 0.3) is 0 Å². The standard InChI is InChI=1S/C13H17NO6S/c1-4-14(2)12(15)8-21(18,19)11-7-9(13(16)17)5-6-10(11)20-3/h5-7H,4,8H2,1-3H3,(H,16,17). The van der Waals surface area contributed by atoms with Crippen molar-refractivity contribution in [1.82, 2.24) is 4.90 Å². The molecule has 1 rings (SSSR count). The van der Waals surface area contributed by atoms with Crippen molar-refractivity contribution >= 4 is 21.7 Å². The summed E-state index contributed by atoms with van der Waals surface area (Å²) in [4.78, 5) is 23.7. The highest BCUT2D eigenvalue weighted by molar-refractivity contribution is 7.92. The lowest BCUT2D eigenvalue weighted by Crippen LogP contribution is -2.32. The number of carboxylic acid groups (broad SMARTS) is 1. The van der Waals surface area contributed by atoms with Crippen LogP contribution in [0.2, 0.25) is 0 Å². The van der Waals surface area contributed by atoms with Crippen LogP contribution in [0.3, 0.4) is 0 Å².